The minimum atomic E-state index is -0.566. The van der Waals surface area contributed by atoms with Gasteiger partial charge in [0.15, 0.2) is 5.82 Å². The van der Waals surface area contributed by atoms with Gasteiger partial charge >= 0.3 is 0 Å². The molecule has 1 aliphatic heterocycles. The van der Waals surface area contributed by atoms with E-state index in [2.05, 4.69) is 15.0 Å². The molecule has 7 nitrogen and oxygen atoms in total. The van der Waals surface area contributed by atoms with Gasteiger partial charge in [0.1, 0.15) is 5.75 Å². The van der Waals surface area contributed by atoms with Crippen molar-refractivity contribution in [2.75, 3.05) is 26.8 Å². The molecule has 0 bridgehead atoms. The average molecular weight is 347 g/mol. The smallest absolute Gasteiger partial charge is 0.223 e. The van der Waals surface area contributed by atoms with Gasteiger partial charge in [-0.05, 0) is 25.5 Å². The molecule has 0 aliphatic carbocycles. The summed E-state index contributed by atoms with van der Waals surface area (Å²) in [6.45, 7) is 3.92. The Balaban J connectivity index is 1.48. The van der Waals surface area contributed by atoms with Crippen molar-refractivity contribution in [1.29, 1.82) is 0 Å². The Bertz CT molecular complexity index is 676. The van der Waals surface area contributed by atoms with E-state index in [9.17, 15) is 5.11 Å². The van der Waals surface area contributed by atoms with Crippen molar-refractivity contribution in [2.24, 2.45) is 0 Å². The number of nitrogens with zero attached hydrogens (tertiary/aromatic N) is 3. The molecule has 7 heteroatoms. The molecule has 1 N–H and O–H groups in total. The molecule has 1 saturated heterocycles. The van der Waals surface area contributed by atoms with E-state index in [1.165, 1.54) is 0 Å². The van der Waals surface area contributed by atoms with Gasteiger partial charge in [0, 0.05) is 19.0 Å². The molecule has 136 valence electrons. The second-order valence-corrected chi connectivity index (χ2v) is 6.31. The van der Waals surface area contributed by atoms with Gasteiger partial charge in [-0.2, -0.15) is 4.98 Å². The number of benzene rings is 1. The van der Waals surface area contributed by atoms with E-state index in [0.29, 0.717) is 24.9 Å². The third-order valence-corrected chi connectivity index (χ3v) is 4.41. The topological polar surface area (TPSA) is 80.9 Å². The zero-order chi connectivity index (χ0) is 17.6. The lowest BCUT2D eigenvalue weighted by molar-refractivity contribution is 0.00664. The Labute approximate surface area is 147 Å². The van der Waals surface area contributed by atoms with Gasteiger partial charge in [-0.15, -0.1) is 0 Å². The lowest BCUT2D eigenvalue weighted by Gasteiger charge is -2.24. The Morgan fingerprint density at radius 1 is 1.40 bits per heavy atom. The summed E-state index contributed by atoms with van der Waals surface area (Å²) in [5.74, 6) is 2.07. The molecule has 0 radical (unpaired) electrons. The summed E-state index contributed by atoms with van der Waals surface area (Å²) in [6, 6.07) is 7.84. The molecule has 0 saturated carbocycles. The first-order valence-corrected chi connectivity index (χ1v) is 8.59. The molecule has 2 atom stereocenters. The van der Waals surface area contributed by atoms with Crippen molar-refractivity contribution in [3.05, 3.63) is 41.5 Å². The second kappa shape index (κ2) is 8.42. The lowest BCUT2D eigenvalue weighted by Crippen LogP contribution is -2.35. The van der Waals surface area contributed by atoms with Crippen molar-refractivity contribution in [2.45, 2.75) is 38.5 Å². The largest absolute Gasteiger partial charge is 0.496 e. The van der Waals surface area contributed by atoms with Crippen molar-refractivity contribution in [3.63, 3.8) is 0 Å². The van der Waals surface area contributed by atoms with Gasteiger partial charge in [-0.25, -0.2) is 0 Å². The predicted octanol–water partition coefficient (Wildman–Crippen LogP) is 2.10. The number of aliphatic hydroxyl groups is 1. The number of hydrogen-bond acceptors (Lipinski definition) is 7. The third-order valence-electron chi connectivity index (χ3n) is 4.41. The monoisotopic (exact) mass is 347 g/mol. The van der Waals surface area contributed by atoms with Gasteiger partial charge in [0.2, 0.25) is 5.89 Å². The zero-order valence-corrected chi connectivity index (χ0v) is 14.7. The summed E-state index contributed by atoms with van der Waals surface area (Å²) in [5.41, 5.74) is 0.971. The van der Waals surface area contributed by atoms with E-state index in [0.717, 1.165) is 30.7 Å². The predicted molar refractivity (Wildman–Crippen MR) is 91.2 cm³/mol. The Kier molecular flexibility index (Phi) is 6.01. The maximum absolute atomic E-state index is 10.3. The maximum Gasteiger partial charge on any atom is 0.223 e. The molecule has 25 heavy (non-hydrogen) atoms. The number of β-amino-alcohol motifs (C(OH)–C–C–N with tert-alkyl or cyclic N) is 1. The van der Waals surface area contributed by atoms with E-state index < -0.39 is 6.10 Å². The van der Waals surface area contributed by atoms with E-state index >= 15 is 0 Å². The molecule has 1 aromatic carbocycles. The summed E-state index contributed by atoms with van der Waals surface area (Å²) in [5, 5.41) is 14.3. The minimum Gasteiger partial charge on any atom is -0.496 e. The van der Waals surface area contributed by atoms with Gasteiger partial charge in [0.05, 0.1) is 32.5 Å². The fraction of sp³-hybridized carbons (Fsp3) is 0.556. The highest BCUT2D eigenvalue weighted by molar-refractivity contribution is 5.32. The Morgan fingerprint density at radius 3 is 3.00 bits per heavy atom. The van der Waals surface area contributed by atoms with Crippen LogP contribution in [0.4, 0.5) is 0 Å². The molecule has 1 fully saturated rings. The molecule has 0 amide bonds. The van der Waals surface area contributed by atoms with Crippen molar-refractivity contribution in [3.8, 4) is 5.75 Å². The summed E-state index contributed by atoms with van der Waals surface area (Å²) in [7, 11) is 1.64. The molecule has 1 aromatic heterocycles. The van der Waals surface area contributed by atoms with Gasteiger partial charge < -0.3 is 19.1 Å². The summed E-state index contributed by atoms with van der Waals surface area (Å²) in [4.78, 5) is 6.52. The van der Waals surface area contributed by atoms with Gasteiger partial charge in [-0.1, -0.05) is 23.4 Å². The standard InChI is InChI=1S/C18H25N3O4/c1-13-19-18(20-25-13)16-7-5-9-21(16)10-15(22)12-24-11-14-6-3-4-8-17(14)23-2/h3-4,6,8,15-16,22H,5,7,9-12H2,1-2H3/t15-,16-/m0/s1. The first-order chi connectivity index (χ1) is 12.2. The number of methoxy groups -OCH3 is 1. The lowest BCUT2D eigenvalue weighted by atomic mass is 10.2. The van der Waals surface area contributed by atoms with Crippen LogP contribution in [0.25, 0.3) is 0 Å². The second-order valence-electron chi connectivity index (χ2n) is 6.31. The first kappa shape index (κ1) is 17.8. The summed E-state index contributed by atoms with van der Waals surface area (Å²) < 4.78 is 16.1. The minimum absolute atomic E-state index is 0.112. The average Bonchev–Trinajstić information content (AvgIpc) is 3.24. The van der Waals surface area contributed by atoms with Crippen LogP contribution in [0, 0.1) is 6.92 Å². The SMILES string of the molecule is COc1ccccc1COC[C@@H](O)CN1CCC[C@H]1c1noc(C)n1. The van der Waals surface area contributed by atoms with Gasteiger partial charge in [-0.3, -0.25) is 4.90 Å². The molecule has 0 unspecified atom stereocenters. The van der Waals surface area contributed by atoms with Crippen LogP contribution in [0.2, 0.25) is 0 Å². The third kappa shape index (κ3) is 4.56. The van der Waals surface area contributed by atoms with E-state index in [-0.39, 0.29) is 12.6 Å². The van der Waals surface area contributed by atoms with Crippen molar-refractivity contribution >= 4 is 0 Å². The molecule has 0 spiro atoms. The summed E-state index contributed by atoms with van der Waals surface area (Å²) >= 11 is 0. The number of likely N-dealkylation sites (tertiary alicyclic amines) is 1. The first-order valence-electron chi connectivity index (χ1n) is 8.59. The van der Waals surface area contributed by atoms with Crippen LogP contribution in [-0.2, 0) is 11.3 Å². The van der Waals surface area contributed by atoms with E-state index in [1.54, 1.807) is 14.0 Å². The van der Waals surface area contributed by atoms with Crippen LogP contribution in [0.3, 0.4) is 0 Å². The van der Waals surface area contributed by atoms with Crippen LogP contribution in [0.15, 0.2) is 28.8 Å². The number of rotatable bonds is 8. The van der Waals surface area contributed by atoms with Crippen LogP contribution in [0.5, 0.6) is 5.75 Å². The zero-order valence-electron chi connectivity index (χ0n) is 14.7. The molecular formula is C18H25N3O4. The molecule has 2 heterocycles. The highest BCUT2D eigenvalue weighted by atomic mass is 16.5. The van der Waals surface area contributed by atoms with Gasteiger partial charge in [0.25, 0.3) is 0 Å². The van der Waals surface area contributed by atoms with Crippen molar-refractivity contribution in [1.82, 2.24) is 15.0 Å². The summed E-state index contributed by atoms with van der Waals surface area (Å²) in [6.07, 6.45) is 1.48. The van der Waals surface area contributed by atoms with E-state index in [4.69, 9.17) is 14.0 Å². The fourth-order valence-electron chi connectivity index (χ4n) is 3.24. The quantitative estimate of drug-likeness (QED) is 0.783. The Hall–Kier alpha value is -1.96. The fourth-order valence-corrected chi connectivity index (χ4v) is 3.24. The number of aromatic nitrogens is 2. The Morgan fingerprint density at radius 2 is 2.24 bits per heavy atom. The number of para-hydroxylation sites is 1. The van der Waals surface area contributed by atoms with Crippen molar-refractivity contribution < 1.29 is 19.1 Å². The number of aryl methyl sites for hydroxylation is 1. The molecule has 1 aliphatic rings. The van der Waals surface area contributed by atoms with Crippen LogP contribution in [0.1, 0.15) is 36.2 Å². The normalized spacial score (nSPS) is 19.2. The van der Waals surface area contributed by atoms with Crippen LogP contribution >= 0.6 is 0 Å². The molecule has 3 rings (SSSR count). The van der Waals surface area contributed by atoms with Crippen LogP contribution in [-0.4, -0.2) is 53.1 Å². The molecule has 2 aromatic rings. The number of hydrogen-bond donors (Lipinski definition) is 1. The van der Waals surface area contributed by atoms with E-state index in [1.807, 2.05) is 24.3 Å². The molecular weight excluding hydrogens is 322 g/mol. The van der Waals surface area contributed by atoms with Crippen LogP contribution < -0.4 is 4.74 Å². The highest BCUT2D eigenvalue weighted by Crippen LogP contribution is 2.30. The number of ether oxygens (including phenoxy) is 2. The maximum atomic E-state index is 10.3. The highest BCUT2D eigenvalue weighted by Gasteiger charge is 2.30. The number of aliphatic hydroxyl groups excluding tert-OH is 1.